The van der Waals surface area contributed by atoms with Gasteiger partial charge in [0.1, 0.15) is 17.9 Å². The minimum Gasteiger partial charge on any atom is -0.480 e. The number of carboxylic acids is 1. The van der Waals surface area contributed by atoms with Gasteiger partial charge in [0.2, 0.25) is 0 Å². The van der Waals surface area contributed by atoms with Crippen molar-refractivity contribution >= 4 is 40.7 Å². The number of benzene rings is 1. The maximum absolute atomic E-state index is 13.8. The van der Waals surface area contributed by atoms with E-state index in [1.54, 1.807) is 6.20 Å². The summed E-state index contributed by atoms with van der Waals surface area (Å²) in [5.74, 6) is -1.56. The highest BCUT2D eigenvalue weighted by molar-refractivity contribution is 7.11. The first kappa shape index (κ1) is 27.1. The third kappa shape index (κ3) is 6.51. The van der Waals surface area contributed by atoms with Crippen LogP contribution in [0.2, 0.25) is 5.02 Å². The molecule has 0 radical (unpaired) electrons. The minimum absolute atomic E-state index is 0.156. The average Bonchev–Trinajstić information content (AvgIpc) is 3.42. The Morgan fingerprint density at radius 3 is 2.68 bits per heavy atom. The number of thiazole rings is 1. The molecular formula is C24H28ClFN6O4S. The standard InChI is InChI=1S/C24H28ClFN6O4S/c1-36-24(35)19-18(13-32-9-7-31(8-10-32)6-4-17(27)23(33)34)29-21(22-28-5-11-37-22)30-20(19)15-3-2-14(26)12-16(15)25/h2-3,5,11-12,17,20H,4,6-10,13,27H2,1H3,(H,29,30)(H,33,34)/t17-,20+/m1/s1. The third-order valence-electron chi connectivity index (χ3n) is 6.34. The number of aliphatic imine (C=N–C) groups is 1. The average molecular weight is 551 g/mol. The van der Waals surface area contributed by atoms with Crippen molar-refractivity contribution in [1.29, 1.82) is 0 Å². The van der Waals surface area contributed by atoms with Crippen LogP contribution in [-0.4, -0.2) is 90.1 Å². The molecule has 1 aromatic heterocycles. The summed E-state index contributed by atoms with van der Waals surface area (Å²) < 4.78 is 18.9. The Hall–Kier alpha value is -2.90. The fourth-order valence-corrected chi connectivity index (χ4v) is 5.17. The first-order valence-corrected chi connectivity index (χ1v) is 13.0. The molecule has 10 nitrogen and oxygen atoms in total. The SMILES string of the molecule is COC(=O)C1=C(CN2CCN(CC[C@@H](N)C(=O)O)CC2)NC(c2nccs2)=N[C@H]1c1ccc(F)cc1Cl. The lowest BCUT2D eigenvalue weighted by Gasteiger charge is -2.36. The number of nitrogens with one attached hydrogen (secondary N) is 1. The van der Waals surface area contributed by atoms with Gasteiger partial charge in [0.25, 0.3) is 0 Å². The number of amidine groups is 1. The number of esters is 1. The Balaban J connectivity index is 1.59. The van der Waals surface area contributed by atoms with Gasteiger partial charge in [0.15, 0.2) is 10.8 Å². The number of aliphatic carboxylic acids is 1. The highest BCUT2D eigenvalue weighted by Crippen LogP contribution is 2.36. The first-order chi connectivity index (χ1) is 17.8. The topological polar surface area (TPSA) is 133 Å². The van der Waals surface area contributed by atoms with Crippen LogP contribution in [-0.2, 0) is 14.3 Å². The zero-order valence-corrected chi connectivity index (χ0v) is 21.8. The van der Waals surface area contributed by atoms with Crippen LogP contribution >= 0.6 is 22.9 Å². The Labute approximate surface area is 222 Å². The van der Waals surface area contributed by atoms with Crippen LogP contribution in [0.3, 0.4) is 0 Å². The maximum atomic E-state index is 13.8. The molecule has 3 heterocycles. The molecule has 2 aliphatic heterocycles. The number of halogens is 2. The molecule has 0 bridgehead atoms. The van der Waals surface area contributed by atoms with E-state index in [1.807, 2.05) is 5.38 Å². The predicted molar refractivity (Wildman–Crippen MR) is 138 cm³/mol. The molecule has 1 aromatic carbocycles. The third-order valence-corrected chi connectivity index (χ3v) is 7.45. The second-order valence-corrected chi connectivity index (χ2v) is 10.0. The smallest absolute Gasteiger partial charge is 0.338 e. The highest BCUT2D eigenvalue weighted by Gasteiger charge is 2.34. The van der Waals surface area contributed by atoms with Crippen LogP contribution < -0.4 is 11.1 Å². The summed E-state index contributed by atoms with van der Waals surface area (Å²) in [7, 11) is 1.30. The lowest BCUT2D eigenvalue weighted by molar-refractivity contribution is -0.139. The molecule has 198 valence electrons. The van der Waals surface area contributed by atoms with E-state index in [-0.39, 0.29) is 5.02 Å². The summed E-state index contributed by atoms with van der Waals surface area (Å²) in [5.41, 5.74) is 7.02. The van der Waals surface area contributed by atoms with Gasteiger partial charge >= 0.3 is 11.9 Å². The van der Waals surface area contributed by atoms with Gasteiger partial charge in [-0.25, -0.2) is 14.2 Å². The number of carbonyl (C=O) groups excluding carboxylic acids is 1. The van der Waals surface area contributed by atoms with Gasteiger partial charge in [0.05, 0.1) is 12.7 Å². The lowest BCUT2D eigenvalue weighted by atomic mass is 9.95. The number of ether oxygens (including phenoxy) is 1. The van der Waals surface area contributed by atoms with Crippen LogP contribution in [0.25, 0.3) is 0 Å². The molecule has 1 saturated heterocycles. The van der Waals surface area contributed by atoms with Crippen LogP contribution in [0.5, 0.6) is 0 Å². The first-order valence-electron chi connectivity index (χ1n) is 11.7. The monoisotopic (exact) mass is 550 g/mol. The quantitative estimate of drug-likeness (QED) is 0.400. The van der Waals surface area contributed by atoms with E-state index in [0.717, 1.165) is 13.1 Å². The molecule has 1 fully saturated rings. The fourth-order valence-electron chi connectivity index (χ4n) is 4.31. The van der Waals surface area contributed by atoms with Crippen molar-refractivity contribution in [2.75, 3.05) is 46.4 Å². The zero-order valence-electron chi connectivity index (χ0n) is 20.2. The second kappa shape index (κ2) is 12.1. The molecule has 0 aliphatic carbocycles. The summed E-state index contributed by atoms with van der Waals surface area (Å²) in [4.78, 5) is 37.5. The number of methoxy groups -OCH3 is 1. The van der Waals surface area contributed by atoms with E-state index in [9.17, 15) is 14.0 Å². The van der Waals surface area contributed by atoms with Crippen LogP contribution in [0.4, 0.5) is 4.39 Å². The van der Waals surface area contributed by atoms with Crippen molar-refractivity contribution in [3.63, 3.8) is 0 Å². The van der Waals surface area contributed by atoms with E-state index in [2.05, 4.69) is 20.1 Å². The minimum atomic E-state index is -1.00. The van der Waals surface area contributed by atoms with Crippen molar-refractivity contribution in [3.8, 4) is 0 Å². The van der Waals surface area contributed by atoms with Crippen molar-refractivity contribution in [2.45, 2.75) is 18.5 Å². The van der Waals surface area contributed by atoms with Crippen LogP contribution in [0.15, 0.2) is 46.0 Å². The molecule has 0 spiro atoms. The summed E-state index contributed by atoms with van der Waals surface area (Å²) in [6.45, 7) is 3.87. The largest absolute Gasteiger partial charge is 0.480 e. The van der Waals surface area contributed by atoms with Gasteiger partial charge in [-0.15, -0.1) is 11.3 Å². The van der Waals surface area contributed by atoms with Crippen LogP contribution in [0.1, 0.15) is 23.0 Å². The number of hydrogen-bond donors (Lipinski definition) is 3. The number of nitrogens with two attached hydrogens (primary N) is 1. The number of nitrogens with zero attached hydrogens (tertiary/aromatic N) is 4. The Morgan fingerprint density at radius 2 is 2.05 bits per heavy atom. The van der Waals surface area contributed by atoms with Gasteiger partial charge < -0.3 is 25.8 Å². The lowest BCUT2D eigenvalue weighted by Crippen LogP contribution is -2.49. The maximum Gasteiger partial charge on any atom is 0.338 e. The van der Waals surface area contributed by atoms with E-state index in [1.165, 1.54) is 36.6 Å². The number of aromatic nitrogens is 1. The van der Waals surface area contributed by atoms with Gasteiger partial charge in [-0.05, 0) is 18.6 Å². The molecule has 37 heavy (non-hydrogen) atoms. The summed E-state index contributed by atoms with van der Waals surface area (Å²) in [6.07, 6.45) is 2.04. The highest BCUT2D eigenvalue weighted by atomic mass is 35.5. The van der Waals surface area contributed by atoms with Crippen LogP contribution in [0, 0.1) is 5.82 Å². The van der Waals surface area contributed by atoms with Crippen molar-refractivity contribution < 1.29 is 23.8 Å². The van der Waals surface area contributed by atoms with E-state index in [4.69, 9.17) is 32.2 Å². The molecular weight excluding hydrogens is 523 g/mol. The molecule has 4 rings (SSSR count). The molecule has 2 aliphatic rings. The summed E-state index contributed by atoms with van der Waals surface area (Å²) in [5, 5.41) is 14.9. The van der Waals surface area contributed by atoms with Crippen molar-refractivity contribution in [1.82, 2.24) is 20.1 Å². The molecule has 0 amide bonds. The summed E-state index contributed by atoms with van der Waals surface area (Å²) in [6, 6.07) is 2.32. The zero-order chi connectivity index (χ0) is 26.5. The Morgan fingerprint density at radius 1 is 1.32 bits per heavy atom. The number of carboxylic acid groups (broad SMARTS) is 1. The normalized spacial score (nSPS) is 19.8. The van der Waals surface area contributed by atoms with Crippen molar-refractivity contribution in [3.05, 3.63) is 62.5 Å². The molecule has 4 N–H and O–H groups in total. The van der Waals surface area contributed by atoms with Gasteiger partial charge in [0, 0.05) is 67.1 Å². The second-order valence-electron chi connectivity index (χ2n) is 8.74. The number of piperazine rings is 1. The van der Waals surface area contributed by atoms with E-state index in [0.29, 0.717) is 60.3 Å². The molecule has 2 aromatic rings. The predicted octanol–water partition coefficient (Wildman–Crippen LogP) is 1.87. The molecule has 0 saturated carbocycles. The van der Waals surface area contributed by atoms with Gasteiger partial charge in [-0.3, -0.25) is 14.7 Å². The number of rotatable bonds is 9. The molecule has 2 atom stereocenters. The van der Waals surface area contributed by atoms with E-state index >= 15 is 0 Å². The van der Waals surface area contributed by atoms with E-state index < -0.39 is 29.8 Å². The van der Waals surface area contributed by atoms with Crippen molar-refractivity contribution in [2.24, 2.45) is 10.7 Å². The fraction of sp³-hybridized carbons (Fsp3) is 0.417. The number of carbonyl (C=O) groups is 2. The van der Waals surface area contributed by atoms with Gasteiger partial charge in [-0.2, -0.15) is 0 Å². The Bertz CT molecular complexity index is 1200. The number of hydrogen-bond acceptors (Lipinski definition) is 10. The van der Waals surface area contributed by atoms with Gasteiger partial charge in [-0.1, -0.05) is 17.7 Å². The summed E-state index contributed by atoms with van der Waals surface area (Å²) >= 11 is 7.80. The Kier molecular flexibility index (Phi) is 8.87. The molecule has 0 unspecified atom stereocenters. The molecule has 13 heteroatoms.